The third kappa shape index (κ3) is 6.22. The highest BCUT2D eigenvalue weighted by molar-refractivity contribution is 5.74. The van der Waals surface area contributed by atoms with Gasteiger partial charge in [0.1, 0.15) is 0 Å². The second kappa shape index (κ2) is 8.59. The highest BCUT2D eigenvalue weighted by atomic mass is 16.5. The number of carbonyl (C=O) groups is 1. The number of ether oxygens (including phenoxy) is 1. The molecule has 0 aromatic heterocycles. The molecule has 2 aliphatic heterocycles. The standard InChI is InChI=1S/C16H31N3O2/c1-13(2)12-19-7-3-14(4-8-19)11-17-16(20)18-15-5-9-21-10-6-15/h13-15H,3-12H2,1-2H3,(H2,17,18,20). The first kappa shape index (κ1) is 16.6. The Morgan fingerprint density at radius 3 is 2.48 bits per heavy atom. The number of hydrogen-bond donors (Lipinski definition) is 2. The number of hydrogen-bond acceptors (Lipinski definition) is 3. The Balaban J connectivity index is 1.57. The summed E-state index contributed by atoms with van der Waals surface area (Å²) in [4.78, 5) is 14.4. The Kier molecular flexibility index (Phi) is 6.77. The van der Waals surface area contributed by atoms with Crippen molar-refractivity contribution >= 4 is 6.03 Å². The summed E-state index contributed by atoms with van der Waals surface area (Å²) in [5.41, 5.74) is 0. The van der Waals surface area contributed by atoms with Crippen molar-refractivity contribution in [3.63, 3.8) is 0 Å². The molecule has 5 nitrogen and oxygen atoms in total. The van der Waals surface area contributed by atoms with Crippen LogP contribution in [0.15, 0.2) is 0 Å². The minimum Gasteiger partial charge on any atom is -0.381 e. The van der Waals surface area contributed by atoms with E-state index in [9.17, 15) is 4.79 Å². The molecule has 0 aromatic carbocycles. The van der Waals surface area contributed by atoms with Crippen LogP contribution in [0.3, 0.4) is 0 Å². The van der Waals surface area contributed by atoms with Gasteiger partial charge in [0.15, 0.2) is 0 Å². The third-order valence-electron chi connectivity index (χ3n) is 4.44. The van der Waals surface area contributed by atoms with Crippen molar-refractivity contribution in [2.45, 2.75) is 45.6 Å². The van der Waals surface area contributed by atoms with E-state index in [4.69, 9.17) is 4.74 Å². The average Bonchev–Trinajstić information content (AvgIpc) is 2.47. The van der Waals surface area contributed by atoms with E-state index in [0.29, 0.717) is 5.92 Å². The van der Waals surface area contributed by atoms with Gasteiger partial charge in [-0.2, -0.15) is 0 Å². The van der Waals surface area contributed by atoms with Crippen LogP contribution in [0.2, 0.25) is 0 Å². The van der Waals surface area contributed by atoms with Crippen LogP contribution < -0.4 is 10.6 Å². The summed E-state index contributed by atoms with van der Waals surface area (Å²) < 4.78 is 5.30. The first-order chi connectivity index (χ1) is 10.1. The minimum atomic E-state index is -0.00786. The van der Waals surface area contributed by atoms with E-state index in [1.54, 1.807) is 0 Å². The van der Waals surface area contributed by atoms with Crippen LogP contribution in [-0.2, 0) is 4.74 Å². The highest BCUT2D eigenvalue weighted by Crippen LogP contribution is 2.17. The summed E-state index contributed by atoms with van der Waals surface area (Å²) in [6, 6.07) is 0.276. The van der Waals surface area contributed by atoms with Crippen LogP contribution in [0.1, 0.15) is 39.5 Å². The van der Waals surface area contributed by atoms with Crippen molar-refractivity contribution in [3.8, 4) is 0 Å². The SMILES string of the molecule is CC(C)CN1CCC(CNC(=O)NC2CCOCC2)CC1. The Morgan fingerprint density at radius 1 is 1.19 bits per heavy atom. The maximum atomic E-state index is 11.9. The first-order valence-electron chi connectivity index (χ1n) is 8.48. The van der Waals surface area contributed by atoms with Crippen molar-refractivity contribution in [2.75, 3.05) is 39.4 Å². The van der Waals surface area contributed by atoms with Gasteiger partial charge in [-0.15, -0.1) is 0 Å². The topological polar surface area (TPSA) is 53.6 Å². The normalized spacial score (nSPS) is 22.4. The number of carbonyl (C=O) groups excluding carboxylic acids is 1. The molecule has 5 heteroatoms. The van der Waals surface area contributed by atoms with Gasteiger partial charge >= 0.3 is 6.03 Å². The van der Waals surface area contributed by atoms with Gasteiger partial charge in [-0.3, -0.25) is 0 Å². The van der Waals surface area contributed by atoms with Crippen LogP contribution in [0.5, 0.6) is 0 Å². The fraction of sp³-hybridized carbons (Fsp3) is 0.938. The Morgan fingerprint density at radius 2 is 1.86 bits per heavy atom. The van der Waals surface area contributed by atoms with E-state index < -0.39 is 0 Å². The molecule has 0 aromatic rings. The molecule has 2 saturated heterocycles. The summed E-state index contributed by atoms with van der Waals surface area (Å²) in [5.74, 6) is 1.37. The minimum absolute atomic E-state index is 0.00786. The van der Waals surface area contributed by atoms with E-state index in [1.807, 2.05) is 0 Å². The number of likely N-dealkylation sites (tertiary alicyclic amines) is 1. The summed E-state index contributed by atoms with van der Waals surface area (Å²) >= 11 is 0. The van der Waals surface area contributed by atoms with Crippen LogP contribution in [0.25, 0.3) is 0 Å². The van der Waals surface area contributed by atoms with E-state index in [2.05, 4.69) is 29.4 Å². The first-order valence-corrected chi connectivity index (χ1v) is 8.48. The summed E-state index contributed by atoms with van der Waals surface area (Å²) in [7, 11) is 0. The average molecular weight is 297 g/mol. The van der Waals surface area contributed by atoms with Crippen molar-refractivity contribution in [2.24, 2.45) is 11.8 Å². The zero-order chi connectivity index (χ0) is 15.1. The molecule has 2 rings (SSSR count). The molecule has 2 amide bonds. The lowest BCUT2D eigenvalue weighted by atomic mass is 9.96. The second-order valence-electron chi connectivity index (χ2n) is 6.88. The van der Waals surface area contributed by atoms with Gasteiger partial charge in [0.2, 0.25) is 0 Å². The fourth-order valence-electron chi connectivity index (χ4n) is 3.20. The van der Waals surface area contributed by atoms with Crippen LogP contribution in [0, 0.1) is 11.8 Å². The monoisotopic (exact) mass is 297 g/mol. The Labute approximate surface area is 128 Å². The molecule has 2 aliphatic rings. The van der Waals surface area contributed by atoms with Crippen molar-refractivity contribution < 1.29 is 9.53 Å². The largest absolute Gasteiger partial charge is 0.381 e. The quantitative estimate of drug-likeness (QED) is 0.814. The third-order valence-corrected chi connectivity index (χ3v) is 4.44. The molecule has 0 atom stereocenters. The molecule has 0 aliphatic carbocycles. The molecule has 0 unspecified atom stereocenters. The second-order valence-corrected chi connectivity index (χ2v) is 6.88. The van der Waals surface area contributed by atoms with Gasteiger partial charge in [0.05, 0.1) is 0 Å². The molecule has 122 valence electrons. The van der Waals surface area contributed by atoms with Gasteiger partial charge in [0, 0.05) is 32.3 Å². The van der Waals surface area contributed by atoms with Gasteiger partial charge in [-0.05, 0) is 50.6 Å². The zero-order valence-electron chi connectivity index (χ0n) is 13.6. The van der Waals surface area contributed by atoms with E-state index in [0.717, 1.165) is 38.5 Å². The predicted octanol–water partition coefficient (Wildman–Crippen LogP) is 1.83. The Hall–Kier alpha value is -0.810. The Bertz CT molecular complexity index is 309. The van der Waals surface area contributed by atoms with Crippen LogP contribution in [-0.4, -0.2) is 56.4 Å². The van der Waals surface area contributed by atoms with Gasteiger partial charge in [-0.1, -0.05) is 13.8 Å². The van der Waals surface area contributed by atoms with Crippen molar-refractivity contribution in [3.05, 3.63) is 0 Å². The lowest BCUT2D eigenvalue weighted by Gasteiger charge is -2.33. The van der Waals surface area contributed by atoms with Crippen molar-refractivity contribution in [1.82, 2.24) is 15.5 Å². The van der Waals surface area contributed by atoms with Crippen molar-refractivity contribution in [1.29, 1.82) is 0 Å². The maximum absolute atomic E-state index is 11.9. The maximum Gasteiger partial charge on any atom is 0.315 e. The summed E-state index contributed by atoms with van der Waals surface area (Å²) in [6.45, 7) is 10.4. The molecule has 0 radical (unpaired) electrons. The van der Waals surface area contributed by atoms with E-state index in [1.165, 1.54) is 32.5 Å². The molecule has 0 bridgehead atoms. The molecule has 21 heavy (non-hydrogen) atoms. The molecule has 2 heterocycles. The number of nitrogens with zero attached hydrogens (tertiary/aromatic N) is 1. The highest BCUT2D eigenvalue weighted by Gasteiger charge is 2.21. The number of amides is 2. The fourth-order valence-corrected chi connectivity index (χ4v) is 3.20. The lowest BCUT2D eigenvalue weighted by molar-refractivity contribution is 0.0799. The van der Waals surface area contributed by atoms with Gasteiger partial charge < -0.3 is 20.3 Å². The number of rotatable bonds is 5. The summed E-state index contributed by atoms with van der Waals surface area (Å²) in [5, 5.41) is 6.10. The zero-order valence-corrected chi connectivity index (χ0v) is 13.6. The molecule has 0 spiro atoms. The van der Waals surface area contributed by atoms with Crippen LogP contribution in [0.4, 0.5) is 4.79 Å². The van der Waals surface area contributed by atoms with Gasteiger partial charge in [0.25, 0.3) is 0 Å². The van der Waals surface area contributed by atoms with E-state index >= 15 is 0 Å². The molecule has 2 N–H and O–H groups in total. The number of urea groups is 1. The van der Waals surface area contributed by atoms with Crippen LogP contribution >= 0.6 is 0 Å². The lowest BCUT2D eigenvalue weighted by Crippen LogP contribution is -2.46. The smallest absolute Gasteiger partial charge is 0.315 e. The van der Waals surface area contributed by atoms with E-state index in [-0.39, 0.29) is 12.1 Å². The molecular weight excluding hydrogens is 266 g/mol. The predicted molar refractivity (Wildman–Crippen MR) is 84.4 cm³/mol. The molecule has 0 saturated carbocycles. The summed E-state index contributed by atoms with van der Waals surface area (Å²) in [6.07, 6.45) is 4.26. The molecule has 2 fully saturated rings. The number of nitrogens with one attached hydrogen (secondary N) is 2. The number of piperidine rings is 1. The molecular formula is C16H31N3O2. The van der Waals surface area contributed by atoms with Gasteiger partial charge in [-0.25, -0.2) is 4.79 Å².